The first-order valence-electron chi connectivity index (χ1n) is 9.25. The van der Waals surface area contributed by atoms with E-state index in [-0.39, 0.29) is 29.9 Å². The number of nitrogens with zero attached hydrogens (tertiary/aromatic N) is 2. The van der Waals surface area contributed by atoms with E-state index in [1.165, 1.54) is 0 Å². The third-order valence-electron chi connectivity index (χ3n) is 4.92. The molecule has 1 N–H and O–H groups in total. The van der Waals surface area contributed by atoms with Crippen molar-refractivity contribution in [3.63, 3.8) is 0 Å². The molecule has 1 amide bonds. The lowest BCUT2D eigenvalue weighted by Gasteiger charge is -2.33. The molecule has 152 valence electrons. The number of nitrogens with one attached hydrogen (secondary N) is 1. The summed E-state index contributed by atoms with van der Waals surface area (Å²) in [5.74, 6) is 0.275. The number of morpholine rings is 1. The quantitative estimate of drug-likeness (QED) is 0.732. The Morgan fingerprint density at radius 2 is 1.97 bits per heavy atom. The minimum atomic E-state index is -3.56. The second-order valence-electron chi connectivity index (χ2n) is 6.83. The second kappa shape index (κ2) is 8.25. The second-order valence-corrected chi connectivity index (χ2v) is 9.40. The third-order valence-corrected chi connectivity index (χ3v) is 6.85. The number of aliphatic imine (C=N–C) groups is 1. The third kappa shape index (κ3) is 4.36. The molecule has 0 saturated carbocycles. The van der Waals surface area contributed by atoms with Crippen molar-refractivity contribution in [2.45, 2.75) is 17.4 Å². The van der Waals surface area contributed by atoms with Gasteiger partial charge >= 0.3 is 0 Å². The van der Waals surface area contributed by atoms with Crippen molar-refractivity contribution in [1.82, 2.24) is 9.62 Å². The molecule has 2 aliphatic rings. The van der Waals surface area contributed by atoms with E-state index in [9.17, 15) is 13.2 Å². The summed E-state index contributed by atoms with van der Waals surface area (Å²) in [6, 6.07) is 14.6. The number of fused-ring (bicyclic) bond motifs is 1. The molecule has 0 bridgehead atoms. The first-order chi connectivity index (χ1) is 13.9. The van der Waals surface area contributed by atoms with E-state index in [0.717, 1.165) is 10.0 Å². The van der Waals surface area contributed by atoms with Crippen LogP contribution in [-0.4, -0.2) is 51.3 Å². The van der Waals surface area contributed by atoms with Gasteiger partial charge in [-0.25, -0.2) is 8.42 Å². The highest BCUT2D eigenvalue weighted by Crippen LogP contribution is 2.25. The molecule has 1 saturated heterocycles. The first kappa shape index (κ1) is 20.1. The number of hydrogen-bond acceptors (Lipinski definition) is 5. The van der Waals surface area contributed by atoms with Crippen LogP contribution >= 0.6 is 15.9 Å². The van der Waals surface area contributed by atoms with Crippen LogP contribution in [0.4, 0.5) is 0 Å². The molecule has 2 heterocycles. The highest BCUT2D eigenvalue weighted by Gasteiger charge is 2.30. The summed E-state index contributed by atoms with van der Waals surface area (Å²) in [6.45, 7) is 1.73. The number of carbonyl (C=O) groups is 1. The van der Waals surface area contributed by atoms with E-state index in [1.54, 1.807) is 29.2 Å². The molecule has 2 aromatic carbocycles. The van der Waals surface area contributed by atoms with Gasteiger partial charge in [-0.05, 0) is 29.8 Å². The largest absolute Gasteiger partial charge is 0.370 e. The predicted octanol–water partition coefficient (Wildman–Crippen LogP) is 2.48. The highest BCUT2D eigenvalue weighted by molar-refractivity contribution is 9.10. The highest BCUT2D eigenvalue weighted by atomic mass is 79.9. The summed E-state index contributed by atoms with van der Waals surface area (Å²) in [7, 11) is -3.56. The van der Waals surface area contributed by atoms with Gasteiger partial charge in [0.05, 0.1) is 24.6 Å². The van der Waals surface area contributed by atoms with Crippen LogP contribution in [0.5, 0.6) is 0 Å². The Kier molecular flexibility index (Phi) is 5.71. The molecule has 4 rings (SSSR count). The van der Waals surface area contributed by atoms with E-state index in [4.69, 9.17) is 4.74 Å². The molecule has 2 aromatic rings. The van der Waals surface area contributed by atoms with Crippen molar-refractivity contribution >= 4 is 37.7 Å². The smallest absolute Gasteiger partial charge is 0.263 e. The predicted molar refractivity (Wildman–Crippen MR) is 112 cm³/mol. The summed E-state index contributed by atoms with van der Waals surface area (Å²) < 4.78 is 33.5. The van der Waals surface area contributed by atoms with Gasteiger partial charge < -0.3 is 9.64 Å². The monoisotopic (exact) mass is 477 g/mol. The minimum Gasteiger partial charge on any atom is -0.370 e. The molecule has 0 radical (unpaired) electrons. The number of ether oxygens (including phenoxy) is 1. The maximum absolute atomic E-state index is 12.6. The van der Waals surface area contributed by atoms with E-state index in [1.807, 2.05) is 24.3 Å². The standard InChI is InChI=1S/C20H20BrN3O4S/c21-15-7-5-14(6-8-15)17-13-24(11-12-28-17)19(25)9-10-22-20-16-3-1-2-4-18(16)29(26,27)23-20/h1-8,17H,9-13H2,(H,22,23). The van der Waals surface area contributed by atoms with Crippen LogP contribution in [0.3, 0.4) is 0 Å². The van der Waals surface area contributed by atoms with Gasteiger partial charge in [-0.15, -0.1) is 0 Å². The van der Waals surface area contributed by atoms with E-state index in [0.29, 0.717) is 31.1 Å². The van der Waals surface area contributed by atoms with Gasteiger partial charge in [0.25, 0.3) is 10.0 Å². The van der Waals surface area contributed by atoms with E-state index < -0.39 is 10.0 Å². The molecule has 0 aromatic heterocycles. The lowest BCUT2D eigenvalue weighted by Crippen LogP contribution is -2.42. The van der Waals surface area contributed by atoms with E-state index >= 15 is 0 Å². The van der Waals surface area contributed by atoms with Crippen LogP contribution < -0.4 is 4.72 Å². The van der Waals surface area contributed by atoms with Gasteiger partial charge in [0.15, 0.2) is 0 Å². The molecular formula is C20H20BrN3O4S. The number of amidine groups is 1. The molecule has 1 fully saturated rings. The fourth-order valence-electron chi connectivity index (χ4n) is 3.43. The van der Waals surface area contributed by atoms with Crippen LogP contribution in [0.1, 0.15) is 23.7 Å². The van der Waals surface area contributed by atoms with Crippen molar-refractivity contribution in [2.24, 2.45) is 4.99 Å². The van der Waals surface area contributed by atoms with Gasteiger partial charge in [-0.1, -0.05) is 40.2 Å². The number of sulfonamides is 1. The molecule has 9 heteroatoms. The lowest BCUT2D eigenvalue weighted by atomic mass is 10.1. The zero-order valence-corrected chi connectivity index (χ0v) is 17.9. The molecular weight excluding hydrogens is 458 g/mol. The van der Waals surface area contributed by atoms with Crippen LogP contribution in [-0.2, 0) is 19.6 Å². The Balaban J connectivity index is 1.38. The first-order valence-corrected chi connectivity index (χ1v) is 11.5. The van der Waals surface area contributed by atoms with Gasteiger partial charge in [0, 0.05) is 23.0 Å². The Morgan fingerprint density at radius 3 is 2.76 bits per heavy atom. The van der Waals surface area contributed by atoms with Crippen molar-refractivity contribution in [1.29, 1.82) is 0 Å². The molecule has 1 atom stereocenters. The number of halogens is 1. The van der Waals surface area contributed by atoms with Crippen molar-refractivity contribution in [3.05, 3.63) is 64.1 Å². The molecule has 2 aliphatic heterocycles. The minimum absolute atomic E-state index is 0.0195. The Hall–Kier alpha value is -2.23. The van der Waals surface area contributed by atoms with E-state index in [2.05, 4.69) is 25.6 Å². The zero-order valence-electron chi connectivity index (χ0n) is 15.5. The number of benzene rings is 2. The Morgan fingerprint density at radius 1 is 1.21 bits per heavy atom. The number of rotatable bonds is 4. The maximum atomic E-state index is 12.6. The molecule has 29 heavy (non-hydrogen) atoms. The van der Waals surface area contributed by atoms with Crippen molar-refractivity contribution < 1.29 is 17.9 Å². The van der Waals surface area contributed by atoms with Crippen LogP contribution in [0.2, 0.25) is 0 Å². The lowest BCUT2D eigenvalue weighted by molar-refractivity contribution is -0.138. The average Bonchev–Trinajstić information content (AvgIpc) is 2.99. The summed E-state index contributed by atoms with van der Waals surface area (Å²) in [6.07, 6.45) is 0.0566. The summed E-state index contributed by atoms with van der Waals surface area (Å²) in [4.78, 5) is 19.0. The van der Waals surface area contributed by atoms with Crippen molar-refractivity contribution in [3.8, 4) is 0 Å². The SMILES string of the molecule is O=C(CCN=C1NS(=O)(=O)c2ccccc21)N1CCOC(c2ccc(Br)cc2)C1. The average molecular weight is 478 g/mol. The topological polar surface area (TPSA) is 88.1 Å². The van der Waals surface area contributed by atoms with Crippen LogP contribution in [0, 0.1) is 0 Å². The van der Waals surface area contributed by atoms with Gasteiger partial charge in [-0.2, -0.15) is 0 Å². The van der Waals surface area contributed by atoms with Gasteiger partial charge in [0.1, 0.15) is 11.9 Å². The van der Waals surface area contributed by atoms with Gasteiger partial charge in [0.2, 0.25) is 5.91 Å². The van der Waals surface area contributed by atoms with Crippen LogP contribution in [0.15, 0.2) is 62.9 Å². The molecule has 0 spiro atoms. The Labute approximate surface area is 178 Å². The van der Waals surface area contributed by atoms with Crippen molar-refractivity contribution in [2.75, 3.05) is 26.2 Å². The summed E-state index contributed by atoms with van der Waals surface area (Å²) in [5, 5.41) is 0. The van der Waals surface area contributed by atoms with Gasteiger partial charge in [-0.3, -0.25) is 14.5 Å². The Bertz CT molecular complexity index is 1050. The fourth-order valence-corrected chi connectivity index (χ4v) is 4.94. The zero-order chi connectivity index (χ0) is 20.4. The fraction of sp³-hybridized carbons (Fsp3) is 0.300. The molecule has 0 aliphatic carbocycles. The van der Waals surface area contributed by atoms with Crippen LogP contribution in [0.25, 0.3) is 0 Å². The number of hydrogen-bond donors (Lipinski definition) is 1. The molecule has 1 unspecified atom stereocenters. The number of carbonyl (C=O) groups excluding carboxylic acids is 1. The summed E-state index contributed by atoms with van der Waals surface area (Å²) in [5.41, 5.74) is 1.57. The normalized spacial score (nSPS) is 21.6. The molecule has 7 nitrogen and oxygen atoms in total. The summed E-state index contributed by atoms with van der Waals surface area (Å²) >= 11 is 3.42. The number of amides is 1. The maximum Gasteiger partial charge on any atom is 0.263 e.